The van der Waals surface area contributed by atoms with Gasteiger partial charge in [-0.05, 0) is 13.0 Å². The molecule has 1 rings (SSSR count). The summed E-state index contributed by atoms with van der Waals surface area (Å²) in [5.41, 5.74) is -0.0173. The number of benzene rings is 1. The zero-order valence-electron chi connectivity index (χ0n) is 12.0. The van der Waals surface area contributed by atoms with E-state index in [0.717, 1.165) is 0 Å². The molecule has 1 aromatic rings. The Morgan fingerprint density at radius 3 is 2.48 bits per heavy atom. The summed E-state index contributed by atoms with van der Waals surface area (Å²) in [7, 11) is 2.56. The molecular weight excluding hydrogens is 280 g/mol. The molecule has 21 heavy (non-hydrogen) atoms. The number of likely N-dealkylation sites (N-methyl/N-ethyl adjacent to an activating group) is 1. The summed E-state index contributed by atoms with van der Waals surface area (Å²) < 4.78 is 9.40. The van der Waals surface area contributed by atoms with Crippen LogP contribution >= 0.6 is 0 Å². The zero-order valence-corrected chi connectivity index (χ0v) is 12.0. The van der Waals surface area contributed by atoms with E-state index in [4.69, 9.17) is 4.74 Å². The fraction of sp³-hybridized carbons (Fsp3) is 0.385. The minimum absolute atomic E-state index is 0.0782. The lowest BCUT2D eigenvalue weighted by Gasteiger charge is -2.22. The van der Waals surface area contributed by atoms with Crippen molar-refractivity contribution in [2.45, 2.75) is 6.92 Å². The minimum atomic E-state index is -0.677. The van der Waals surface area contributed by atoms with Crippen LogP contribution in [0, 0.1) is 10.1 Å². The van der Waals surface area contributed by atoms with Crippen molar-refractivity contribution in [2.75, 3.05) is 32.3 Å². The summed E-state index contributed by atoms with van der Waals surface area (Å²) in [6.45, 7) is 1.72. The maximum absolute atomic E-state index is 12.0. The summed E-state index contributed by atoms with van der Waals surface area (Å²) in [6.07, 6.45) is 0. The summed E-state index contributed by atoms with van der Waals surface area (Å²) in [6, 6.07) is 3.62. The molecule has 0 aliphatic heterocycles. The Bertz CT molecular complexity index is 558. The van der Waals surface area contributed by atoms with E-state index in [0.29, 0.717) is 0 Å². The Morgan fingerprint density at radius 2 is 2.00 bits per heavy atom. The first-order valence-electron chi connectivity index (χ1n) is 6.12. The predicted octanol–water partition coefficient (Wildman–Crippen LogP) is 1.38. The maximum atomic E-state index is 12.0. The molecule has 1 aromatic carbocycles. The third-order valence-corrected chi connectivity index (χ3v) is 2.77. The van der Waals surface area contributed by atoms with Gasteiger partial charge in [-0.25, -0.2) is 4.79 Å². The number of methoxy groups -OCH3 is 2. The SMILES string of the molecule is CCN(C(=O)COC)c1cc([N+](=O)[O-])ccc1C(=O)OC. The number of carbonyl (C=O) groups excluding carboxylic acids is 2. The van der Waals surface area contributed by atoms with Crippen molar-refractivity contribution >= 4 is 23.3 Å². The van der Waals surface area contributed by atoms with Crippen molar-refractivity contribution in [2.24, 2.45) is 0 Å². The van der Waals surface area contributed by atoms with Gasteiger partial charge in [-0.1, -0.05) is 0 Å². The van der Waals surface area contributed by atoms with Crippen LogP contribution in [0.5, 0.6) is 0 Å². The van der Waals surface area contributed by atoms with Gasteiger partial charge >= 0.3 is 5.97 Å². The topological polar surface area (TPSA) is 99.0 Å². The molecule has 0 fully saturated rings. The Balaban J connectivity index is 3.39. The highest BCUT2D eigenvalue weighted by atomic mass is 16.6. The molecule has 8 nitrogen and oxygen atoms in total. The molecule has 114 valence electrons. The maximum Gasteiger partial charge on any atom is 0.339 e. The van der Waals surface area contributed by atoms with Gasteiger partial charge in [0.25, 0.3) is 11.6 Å². The fourth-order valence-electron chi connectivity index (χ4n) is 1.82. The van der Waals surface area contributed by atoms with Crippen LogP contribution in [-0.2, 0) is 14.3 Å². The van der Waals surface area contributed by atoms with E-state index < -0.39 is 16.8 Å². The zero-order chi connectivity index (χ0) is 16.0. The summed E-state index contributed by atoms with van der Waals surface area (Å²) in [5, 5.41) is 10.9. The van der Waals surface area contributed by atoms with Crippen LogP contribution in [0.3, 0.4) is 0 Å². The van der Waals surface area contributed by atoms with Gasteiger partial charge < -0.3 is 14.4 Å². The Labute approximate surface area is 121 Å². The lowest BCUT2D eigenvalue weighted by molar-refractivity contribution is -0.384. The van der Waals surface area contributed by atoms with Gasteiger partial charge in [-0.2, -0.15) is 0 Å². The van der Waals surface area contributed by atoms with E-state index in [1.807, 2.05) is 0 Å². The normalized spacial score (nSPS) is 10.0. The van der Waals surface area contributed by atoms with Gasteiger partial charge in [0.05, 0.1) is 23.3 Å². The lowest BCUT2D eigenvalue weighted by atomic mass is 10.1. The number of non-ortho nitro benzene ring substituents is 1. The number of carbonyl (C=O) groups is 2. The van der Waals surface area contributed by atoms with Gasteiger partial charge in [-0.15, -0.1) is 0 Å². The third kappa shape index (κ3) is 3.76. The van der Waals surface area contributed by atoms with Crippen LogP contribution in [0.2, 0.25) is 0 Å². The first-order chi connectivity index (χ1) is 9.96. The van der Waals surface area contributed by atoms with Crippen LogP contribution in [-0.4, -0.2) is 44.2 Å². The highest BCUT2D eigenvalue weighted by Gasteiger charge is 2.23. The molecule has 0 spiro atoms. The molecule has 0 bridgehead atoms. The van der Waals surface area contributed by atoms with Crippen molar-refractivity contribution in [3.05, 3.63) is 33.9 Å². The first kappa shape index (κ1) is 16.6. The Kier molecular flexibility index (Phi) is 5.79. The first-order valence-corrected chi connectivity index (χ1v) is 6.12. The highest BCUT2D eigenvalue weighted by molar-refractivity contribution is 6.03. The average Bonchev–Trinajstić information content (AvgIpc) is 2.47. The number of nitro benzene ring substituents is 1. The minimum Gasteiger partial charge on any atom is -0.465 e. The Hall–Kier alpha value is -2.48. The fourth-order valence-corrected chi connectivity index (χ4v) is 1.82. The molecule has 0 saturated heterocycles. The molecule has 0 saturated carbocycles. The molecule has 1 amide bonds. The second-order valence-corrected chi connectivity index (χ2v) is 4.02. The van der Waals surface area contributed by atoms with Gasteiger partial charge in [0.15, 0.2) is 0 Å². The standard InChI is InChI=1S/C13H16N2O6/c1-4-14(12(16)8-20-2)11-7-9(15(18)19)5-6-10(11)13(17)21-3/h5-7H,4,8H2,1-3H3. The lowest BCUT2D eigenvalue weighted by Crippen LogP contribution is -2.34. The van der Waals surface area contributed by atoms with Crippen molar-refractivity contribution in [3.63, 3.8) is 0 Å². The molecule has 0 radical (unpaired) electrons. The van der Waals surface area contributed by atoms with Crippen molar-refractivity contribution < 1.29 is 24.0 Å². The number of amides is 1. The molecule has 0 aromatic heterocycles. The quantitative estimate of drug-likeness (QED) is 0.447. The van der Waals surface area contributed by atoms with Crippen LogP contribution in [0.25, 0.3) is 0 Å². The van der Waals surface area contributed by atoms with Crippen molar-refractivity contribution in [1.29, 1.82) is 0 Å². The number of nitro groups is 1. The number of hydrogen-bond acceptors (Lipinski definition) is 6. The number of hydrogen-bond donors (Lipinski definition) is 0. The largest absolute Gasteiger partial charge is 0.465 e. The van der Waals surface area contributed by atoms with E-state index in [-0.39, 0.29) is 30.1 Å². The van der Waals surface area contributed by atoms with E-state index in [1.54, 1.807) is 6.92 Å². The molecule has 0 atom stereocenters. The molecular formula is C13H16N2O6. The second-order valence-electron chi connectivity index (χ2n) is 4.02. The summed E-state index contributed by atoms with van der Waals surface area (Å²) in [5.74, 6) is -1.09. The van der Waals surface area contributed by atoms with Gasteiger partial charge in [0.2, 0.25) is 0 Å². The van der Waals surface area contributed by atoms with Gasteiger partial charge in [0, 0.05) is 25.8 Å². The van der Waals surface area contributed by atoms with Crippen LogP contribution in [0.4, 0.5) is 11.4 Å². The van der Waals surface area contributed by atoms with Gasteiger partial charge in [-0.3, -0.25) is 14.9 Å². The summed E-state index contributed by atoms with van der Waals surface area (Å²) in [4.78, 5) is 35.3. The van der Waals surface area contributed by atoms with E-state index in [9.17, 15) is 19.7 Å². The predicted molar refractivity (Wildman–Crippen MR) is 74.3 cm³/mol. The third-order valence-electron chi connectivity index (χ3n) is 2.77. The van der Waals surface area contributed by atoms with Crippen LogP contribution < -0.4 is 4.90 Å². The molecule has 8 heteroatoms. The van der Waals surface area contributed by atoms with Crippen molar-refractivity contribution in [1.82, 2.24) is 0 Å². The number of esters is 1. The number of nitrogens with zero attached hydrogens (tertiary/aromatic N) is 2. The van der Waals surface area contributed by atoms with Crippen LogP contribution in [0.15, 0.2) is 18.2 Å². The molecule has 0 unspecified atom stereocenters. The van der Waals surface area contributed by atoms with E-state index in [1.165, 1.54) is 37.3 Å². The molecule has 0 N–H and O–H groups in total. The molecule has 0 aliphatic rings. The van der Waals surface area contributed by atoms with Crippen LogP contribution in [0.1, 0.15) is 17.3 Å². The Morgan fingerprint density at radius 1 is 1.33 bits per heavy atom. The highest BCUT2D eigenvalue weighted by Crippen LogP contribution is 2.27. The molecule has 0 heterocycles. The molecule has 0 aliphatic carbocycles. The van der Waals surface area contributed by atoms with Crippen molar-refractivity contribution in [3.8, 4) is 0 Å². The van der Waals surface area contributed by atoms with Gasteiger partial charge in [0.1, 0.15) is 6.61 Å². The number of rotatable bonds is 6. The smallest absolute Gasteiger partial charge is 0.339 e. The van der Waals surface area contributed by atoms with E-state index in [2.05, 4.69) is 4.74 Å². The summed E-state index contributed by atoms with van der Waals surface area (Å²) >= 11 is 0. The number of anilines is 1. The number of ether oxygens (including phenoxy) is 2. The second kappa shape index (κ2) is 7.34. The van der Waals surface area contributed by atoms with E-state index >= 15 is 0 Å². The monoisotopic (exact) mass is 296 g/mol. The average molecular weight is 296 g/mol.